The molecule has 144 valence electrons. The summed E-state index contributed by atoms with van der Waals surface area (Å²) in [5.74, 6) is 0.0367. The van der Waals surface area contributed by atoms with Gasteiger partial charge in [0.2, 0.25) is 0 Å². The topological polar surface area (TPSA) is 71.5 Å². The van der Waals surface area contributed by atoms with E-state index in [0.29, 0.717) is 13.0 Å². The molecule has 3 fully saturated rings. The van der Waals surface area contributed by atoms with Crippen LogP contribution in [0, 0.1) is 0 Å². The molecule has 3 atom stereocenters. The second-order valence-electron chi connectivity index (χ2n) is 7.44. The first kappa shape index (κ1) is 19.3. The van der Waals surface area contributed by atoms with Crippen molar-refractivity contribution in [1.82, 2.24) is 10.1 Å². The van der Waals surface area contributed by atoms with E-state index in [4.69, 9.17) is 14.1 Å². The Labute approximate surface area is 151 Å². The average Bonchev–Trinajstić information content (AvgIpc) is 3.35. The van der Waals surface area contributed by atoms with E-state index in [2.05, 4.69) is 20.8 Å². The van der Waals surface area contributed by atoms with Crippen molar-refractivity contribution in [2.24, 2.45) is 0 Å². The molecule has 0 radical (unpaired) electrons. The van der Waals surface area contributed by atoms with Crippen molar-refractivity contribution in [1.29, 1.82) is 0 Å². The summed E-state index contributed by atoms with van der Waals surface area (Å²) in [4.78, 5) is 26.8. The lowest BCUT2D eigenvalue weighted by Crippen LogP contribution is -2.61. The number of carbonyl (C=O) groups excluding carboxylic acids is 1. The summed E-state index contributed by atoms with van der Waals surface area (Å²) in [5, 5.41) is 10.9. The van der Waals surface area contributed by atoms with Crippen LogP contribution < -0.4 is 0 Å². The van der Waals surface area contributed by atoms with E-state index >= 15 is 0 Å². The van der Waals surface area contributed by atoms with Gasteiger partial charge in [0.1, 0.15) is 12.2 Å². The molecule has 1 unspecified atom stereocenters. The Kier molecular flexibility index (Phi) is 5.87. The van der Waals surface area contributed by atoms with Gasteiger partial charge in [-0.3, -0.25) is 14.5 Å². The van der Waals surface area contributed by atoms with Crippen molar-refractivity contribution in [3.63, 3.8) is 0 Å². The Balaban J connectivity index is 1.90. The van der Waals surface area contributed by atoms with Gasteiger partial charge in [0.15, 0.2) is 13.9 Å². The first-order valence-corrected chi connectivity index (χ1v) is 12.3. The van der Waals surface area contributed by atoms with Crippen LogP contribution in [0.2, 0.25) is 18.1 Å². The monoisotopic (exact) mass is 372 g/mol. The Bertz CT molecular complexity index is 475. The molecular formula is C17H32N2O5Si. The second-order valence-corrected chi connectivity index (χ2v) is 12.2. The number of aliphatic hydroxyl groups excluding tert-OH is 1. The van der Waals surface area contributed by atoms with E-state index in [-0.39, 0.29) is 18.6 Å². The highest BCUT2D eigenvalue weighted by Crippen LogP contribution is 2.44. The molecule has 0 aromatic rings. The van der Waals surface area contributed by atoms with Crippen molar-refractivity contribution in [2.75, 3.05) is 26.3 Å². The lowest BCUT2D eigenvalue weighted by molar-refractivity contribution is -0.356. The fraction of sp³-hybridized carbons (Fsp3) is 0.941. The van der Waals surface area contributed by atoms with Crippen molar-refractivity contribution in [2.45, 2.75) is 75.9 Å². The van der Waals surface area contributed by atoms with Gasteiger partial charge in [-0.05, 0) is 36.2 Å². The smallest absolute Gasteiger partial charge is 0.250 e. The molecule has 1 N–H and O–H groups in total. The number of amides is 1. The molecule has 25 heavy (non-hydrogen) atoms. The lowest BCUT2D eigenvalue weighted by atomic mass is 9.87. The summed E-state index contributed by atoms with van der Waals surface area (Å²) in [6.45, 7) is 8.33. The number of likely N-dealkylation sites (tertiary alicyclic amines) is 1. The molecular weight excluding hydrogens is 340 g/mol. The summed E-state index contributed by atoms with van der Waals surface area (Å²) in [6.07, 6.45) is 1.75. The number of nitrogens with zero attached hydrogens (tertiary/aromatic N) is 2. The first-order chi connectivity index (χ1) is 12.0. The molecule has 7 nitrogen and oxygen atoms in total. The predicted octanol–water partition coefficient (Wildman–Crippen LogP) is 1.68. The van der Waals surface area contributed by atoms with Crippen LogP contribution in [0.4, 0.5) is 0 Å². The van der Waals surface area contributed by atoms with Gasteiger partial charge in [0.05, 0.1) is 13.2 Å². The predicted molar refractivity (Wildman–Crippen MR) is 95.0 cm³/mol. The van der Waals surface area contributed by atoms with E-state index in [9.17, 15) is 9.90 Å². The highest BCUT2D eigenvalue weighted by atomic mass is 28.4. The molecule has 3 heterocycles. The van der Waals surface area contributed by atoms with Gasteiger partial charge in [0.25, 0.3) is 5.91 Å². The van der Waals surface area contributed by atoms with Gasteiger partial charge in [-0.2, -0.15) is 0 Å². The summed E-state index contributed by atoms with van der Waals surface area (Å²) in [5.41, 5.74) is -0.949. The van der Waals surface area contributed by atoms with E-state index in [1.54, 1.807) is 0 Å². The molecule has 1 amide bonds. The molecule has 3 saturated heterocycles. The molecule has 3 aliphatic heterocycles. The maximum absolute atomic E-state index is 13.5. The minimum Gasteiger partial charge on any atom is -0.409 e. The maximum atomic E-state index is 13.5. The molecule has 0 bridgehead atoms. The number of carbonyl (C=O) groups is 1. The lowest BCUT2D eigenvalue weighted by Gasteiger charge is -2.39. The van der Waals surface area contributed by atoms with E-state index < -0.39 is 20.0 Å². The standard InChI is InChI=1S/C17H32N2O5Si/c1-4-25(5-2,6-3)24-15-13-22-19-17(15,11-14(12-20)23-19)16(21)18-9-7-8-10-18/h14-15,20H,4-13H2,1-3H3/t14-,15?,17+/m0/s1. The van der Waals surface area contributed by atoms with Crippen LogP contribution in [0.1, 0.15) is 40.0 Å². The SMILES string of the molecule is CC[Si](CC)(CC)OC1CON2O[C@H](CO)C[C@]12C(=O)N1CCCC1. The summed E-state index contributed by atoms with van der Waals surface area (Å²) in [7, 11) is -1.90. The highest BCUT2D eigenvalue weighted by Gasteiger charge is 2.65. The third-order valence-corrected chi connectivity index (χ3v) is 10.9. The number of hydrogen-bond donors (Lipinski definition) is 1. The number of fused-ring (bicyclic) bond motifs is 1. The van der Waals surface area contributed by atoms with Crippen molar-refractivity contribution < 1.29 is 24.0 Å². The normalized spacial score (nSPS) is 33.2. The zero-order valence-electron chi connectivity index (χ0n) is 15.7. The summed E-state index contributed by atoms with van der Waals surface area (Å²) in [6, 6.07) is 3.07. The Morgan fingerprint density at radius 1 is 1.24 bits per heavy atom. The van der Waals surface area contributed by atoms with E-state index in [1.165, 1.54) is 5.23 Å². The molecule has 0 spiro atoms. The zero-order chi connectivity index (χ0) is 18.1. The van der Waals surface area contributed by atoms with Crippen LogP contribution in [-0.2, 0) is 18.9 Å². The van der Waals surface area contributed by atoms with Crippen LogP contribution in [0.5, 0.6) is 0 Å². The van der Waals surface area contributed by atoms with Crippen LogP contribution in [0.15, 0.2) is 0 Å². The van der Waals surface area contributed by atoms with Crippen molar-refractivity contribution in [3.05, 3.63) is 0 Å². The third-order valence-electron chi connectivity index (χ3n) is 6.28. The van der Waals surface area contributed by atoms with Gasteiger partial charge in [-0.25, -0.2) is 0 Å². The average molecular weight is 373 g/mol. The minimum absolute atomic E-state index is 0.0367. The fourth-order valence-corrected chi connectivity index (χ4v) is 7.25. The van der Waals surface area contributed by atoms with Crippen LogP contribution in [0.25, 0.3) is 0 Å². The largest absolute Gasteiger partial charge is 0.409 e. The number of hydroxylamine groups is 2. The fourth-order valence-electron chi connectivity index (χ4n) is 4.38. The van der Waals surface area contributed by atoms with Gasteiger partial charge in [-0.1, -0.05) is 20.8 Å². The van der Waals surface area contributed by atoms with Gasteiger partial charge in [0, 0.05) is 19.5 Å². The summed E-state index contributed by atoms with van der Waals surface area (Å²) < 4.78 is 6.70. The maximum Gasteiger partial charge on any atom is 0.250 e. The summed E-state index contributed by atoms with van der Waals surface area (Å²) >= 11 is 0. The van der Waals surface area contributed by atoms with Gasteiger partial charge >= 0.3 is 0 Å². The van der Waals surface area contributed by atoms with Gasteiger partial charge in [-0.15, -0.1) is 0 Å². The van der Waals surface area contributed by atoms with E-state index in [1.807, 2.05) is 4.90 Å². The Hall–Kier alpha value is -0.513. The molecule has 3 rings (SSSR count). The quantitative estimate of drug-likeness (QED) is 0.686. The third kappa shape index (κ3) is 3.17. The van der Waals surface area contributed by atoms with Crippen molar-refractivity contribution >= 4 is 14.2 Å². The number of aliphatic hydroxyl groups is 1. The van der Waals surface area contributed by atoms with Crippen LogP contribution in [0.3, 0.4) is 0 Å². The minimum atomic E-state index is -1.90. The van der Waals surface area contributed by atoms with E-state index in [0.717, 1.165) is 44.1 Å². The Morgan fingerprint density at radius 2 is 1.88 bits per heavy atom. The first-order valence-electron chi connectivity index (χ1n) is 9.73. The Morgan fingerprint density at radius 3 is 2.44 bits per heavy atom. The molecule has 8 heteroatoms. The number of rotatable bonds is 7. The molecule has 0 saturated carbocycles. The highest BCUT2D eigenvalue weighted by molar-refractivity contribution is 6.73. The zero-order valence-corrected chi connectivity index (χ0v) is 16.7. The second kappa shape index (κ2) is 7.62. The molecule has 0 aliphatic carbocycles. The molecule has 0 aromatic carbocycles. The van der Waals surface area contributed by atoms with Crippen molar-refractivity contribution in [3.8, 4) is 0 Å². The van der Waals surface area contributed by atoms with Crippen LogP contribution in [-0.4, -0.2) is 73.5 Å². The molecule has 0 aromatic heterocycles. The van der Waals surface area contributed by atoms with Crippen LogP contribution >= 0.6 is 0 Å². The number of hydrogen-bond acceptors (Lipinski definition) is 6. The van der Waals surface area contributed by atoms with Gasteiger partial charge < -0.3 is 14.4 Å². The molecule has 3 aliphatic rings.